The summed E-state index contributed by atoms with van der Waals surface area (Å²) in [6.45, 7) is 10.6. The number of rotatable bonds is 12. The average molecular weight is 1090 g/mol. The molecule has 5 aromatic rings. The summed E-state index contributed by atoms with van der Waals surface area (Å²) in [5, 5.41) is 10.9. The zero-order valence-electron chi connectivity index (χ0n) is 38.8. The van der Waals surface area contributed by atoms with Gasteiger partial charge in [0.2, 0.25) is 5.78 Å². The van der Waals surface area contributed by atoms with Crippen molar-refractivity contribution in [3.8, 4) is 11.5 Å². The second kappa shape index (κ2) is 27.8. The highest BCUT2D eigenvalue weighted by Crippen LogP contribution is 2.31. The lowest BCUT2D eigenvalue weighted by molar-refractivity contribution is 0.00775. The molecular formula is C48H58BrF2N8O6PS3. The van der Waals surface area contributed by atoms with Gasteiger partial charge in [-0.15, -0.1) is 0 Å². The molecule has 0 saturated carbocycles. The summed E-state index contributed by atoms with van der Waals surface area (Å²) < 4.78 is 43.3. The molecule has 3 atom stereocenters. The van der Waals surface area contributed by atoms with Crippen LogP contribution in [-0.4, -0.2) is 92.9 Å². The predicted octanol–water partition coefficient (Wildman–Crippen LogP) is 10.3. The molecule has 0 radical (unpaired) electrons. The van der Waals surface area contributed by atoms with Crippen LogP contribution in [-0.2, 0) is 4.74 Å². The maximum Gasteiger partial charge on any atom is 0.410 e. The number of ether oxygens (including phenoxy) is 3. The molecule has 2 aliphatic rings. The number of thiazole rings is 1. The monoisotopic (exact) mass is 1090 g/mol. The smallest absolute Gasteiger partial charge is 0.410 e. The average Bonchev–Trinajstić information content (AvgIpc) is 3.96. The lowest BCUT2D eigenvalue weighted by Crippen LogP contribution is -2.46. The molecule has 7 N–H and O–H groups in total. The first-order chi connectivity index (χ1) is 32.5. The molecule has 3 heterocycles. The summed E-state index contributed by atoms with van der Waals surface area (Å²) in [7, 11) is 0. The number of piperidine rings is 1. The number of amidine groups is 1. The van der Waals surface area contributed by atoms with Crippen LogP contribution in [0.2, 0.25) is 0 Å². The van der Waals surface area contributed by atoms with Crippen LogP contribution in [0, 0.1) is 11.6 Å². The lowest BCUT2D eigenvalue weighted by Gasteiger charge is -2.34. The van der Waals surface area contributed by atoms with Crippen LogP contribution in [0.1, 0.15) is 72.6 Å². The number of nitrogen functional groups attached to an aromatic ring is 1. The minimum atomic E-state index is -0.502. The first-order valence-electron chi connectivity index (χ1n) is 21.7. The molecule has 0 spiro atoms. The molecule has 2 saturated heterocycles. The molecule has 1 amide bonds. The number of hydrogen-bond acceptors (Lipinski definition) is 13. The first-order valence-corrected chi connectivity index (χ1v) is 25.0. The maximum atomic E-state index is 13.4. The Morgan fingerprint density at radius 2 is 1.55 bits per heavy atom. The number of nitrogens with one attached hydrogen (secondary N) is 3. The SMILES string of the molecule is CCSC(N)=NC(=S)Nc1ccc(OC2CCCN(C(=O)OC(C)(C)C)C2)cc1.Nc1nc(Nc2ccc(OC3CCNC3)cc2)sc1C(=O)c1cccc(F)c1.O=C(CBr)c1cccc(F)c1.P. The van der Waals surface area contributed by atoms with Crippen molar-refractivity contribution < 1.29 is 37.4 Å². The third-order valence-corrected chi connectivity index (χ3v) is 11.9. The summed E-state index contributed by atoms with van der Waals surface area (Å²) in [4.78, 5) is 46.1. The van der Waals surface area contributed by atoms with E-state index in [4.69, 9.17) is 37.9 Å². The number of alkyl halides is 1. The highest BCUT2D eigenvalue weighted by molar-refractivity contribution is 9.09. The van der Waals surface area contributed by atoms with Gasteiger partial charge in [-0.3, -0.25) is 9.59 Å². The van der Waals surface area contributed by atoms with Crippen LogP contribution in [0.5, 0.6) is 11.5 Å². The van der Waals surface area contributed by atoms with E-state index in [1.807, 2.05) is 76.2 Å². The van der Waals surface area contributed by atoms with Crippen LogP contribution >= 0.6 is 61.1 Å². The second-order valence-electron chi connectivity index (χ2n) is 16.2. The van der Waals surface area contributed by atoms with E-state index in [0.717, 1.165) is 72.3 Å². The van der Waals surface area contributed by atoms with Crippen LogP contribution in [0.15, 0.2) is 102 Å². The van der Waals surface area contributed by atoms with Crippen molar-refractivity contribution in [3.05, 3.63) is 125 Å². The number of amides is 1. The number of ketones is 2. The number of nitrogens with zero attached hydrogens (tertiary/aromatic N) is 3. The Morgan fingerprint density at radius 3 is 2.13 bits per heavy atom. The topological polar surface area (TPSA) is 196 Å². The van der Waals surface area contributed by atoms with Gasteiger partial charge in [-0.1, -0.05) is 70.2 Å². The van der Waals surface area contributed by atoms with Crippen LogP contribution in [0.4, 0.5) is 35.9 Å². The fourth-order valence-electron chi connectivity index (χ4n) is 6.48. The van der Waals surface area contributed by atoms with E-state index in [-0.39, 0.29) is 67.2 Å². The molecule has 7 rings (SSSR count). The Kier molecular flexibility index (Phi) is 22.7. The van der Waals surface area contributed by atoms with Crippen molar-refractivity contribution in [2.75, 3.05) is 53.6 Å². The number of hydrogen-bond donors (Lipinski definition) is 5. The van der Waals surface area contributed by atoms with E-state index in [9.17, 15) is 23.2 Å². The molecule has 69 heavy (non-hydrogen) atoms. The van der Waals surface area contributed by atoms with Gasteiger partial charge in [-0.05, 0) is 137 Å². The number of carbonyl (C=O) groups excluding carboxylic acids is 3. The molecular weight excluding hydrogens is 1030 g/mol. The van der Waals surface area contributed by atoms with E-state index in [0.29, 0.717) is 34.1 Å². The Hall–Kier alpha value is -5.24. The first kappa shape index (κ1) is 56.3. The normalized spacial score (nSPS) is 15.5. The van der Waals surface area contributed by atoms with E-state index in [1.165, 1.54) is 48.2 Å². The van der Waals surface area contributed by atoms with E-state index < -0.39 is 11.4 Å². The van der Waals surface area contributed by atoms with Gasteiger partial charge in [0.1, 0.15) is 51.6 Å². The van der Waals surface area contributed by atoms with Crippen LogP contribution in [0.3, 0.4) is 0 Å². The number of aliphatic imine (C=N–C) groups is 1. The van der Waals surface area contributed by atoms with E-state index in [2.05, 4.69) is 41.9 Å². The number of benzene rings is 4. The Labute approximate surface area is 426 Å². The van der Waals surface area contributed by atoms with Crippen molar-refractivity contribution in [2.45, 2.75) is 64.8 Å². The van der Waals surface area contributed by atoms with Crippen molar-refractivity contribution in [1.82, 2.24) is 15.2 Å². The third kappa shape index (κ3) is 19.2. The minimum absolute atomic E-state index is 0. The molecule has 370 valence electrons. The fraction of sp³-hybridized carbons (Fsp3) is 0.333. The number of carbonyl (C=O) groups is 3. The van der Waals surface area contributed by atoms with E-state index in [1.54, 1.807) is 17.0 Å². The van der Waals surface area contributed by atoms with Gasteiger partial charge in [0.25, 0.3) is 0 Å². The van der Waals surface area contributed by atoms with Gasteiger partial charge < -0.3 is 46.5 Å². The highest BCUT2D eigenvalue weighted by Gasteiger charge is 2.29. The number of nitrogens with two attached hydrogens (primary N) is 2. The maximum absolute atomic E-state index is 13.4. The lowest BCUT2D eigenvalue weighted by atomic mass is 10.1. The van der Waals surface area contributed by atoms with Gasteiger partial charge in [0.05, 0.1) is 11.9 Å². The number of thiocarbonyl (C=S) groups is 1. The highest BCUT2D eigenvalue weighted by atomic mass is 79.9. The Bertz CT molecular complexity index is 2510. The summed E-state index contributed by atoms with van der Waals surface area (Å²) in [5.74, 6) is 1.20. The fourth-order valence-corrected chi connectivity index (χ4v) is 8.39. The number of anilines is 4. The molecule has 14 nitrogen and oxygen atoms in total. The molecule has 0 bridgehead atoms. The third-order valence-electron chi connectivity index (χ3n) is 9.58. The van der Waals surface area contributed by atoms with Gasteiger partial charge in [-0.25, -0.2) is 18.6 Å². The standard InChI is InChI=1S/C20H19FN4O2S.C20H30N4O3S2.C8H6BrFO.H3P/c21-13-3-1-2-12(10-13)17(26)18-19(22)25-20(28-18)24-14-4-6-15(7-5-14)27-16-8-9-23-11-16;1-5-29-17(21)23-18(28)22-14-8-10-15(11-9-14)26-16-7-6-12-24(13-16)19(25)27-20(2,3)4;9-5-8(11)6-2-1-3-7(10)4-6;/h1-7,10,16,23H,8-9,11,22H2,(H,24,25);8-11,16H,5-7,12-13H2,1-4H3,(H3,21,22,23,28);1-4H,5H2;1H3. The van der Waals surface area contributed by atoms with Crippen molar-refractivity contribution >= 4 is 111 Å². The molecule has 21 heteroatoms. The zero-order chi connectivity index (χ0) is 49.2. The number of aromatic nitrogens is 1. The molecule has 4 aromatic carbocycles. The van der Waals surface area contributed by atoms with Crippen LogP contribution < -0.4 is 36.9 Å². The summed E-state index contributed by atoms with van der Waals surface area (Å²) in [5.41, 5.74) is 13.4. The number of halogens is 3. The Balaban J connectivity index is 0.000000244. The minimum Gasteiger partial charge on any atom is -0.489 e. The quantitative estimate of drug-likeness (QED) is 0.0198. The van der Waals surface area contributed by atoms with Gasteiger partial charge in [-0.2, -0.15) is 14.9 Å². The molecule has 0 aliphatic carbocycles. The summed E-state index contributed by atoms with van der Waals surface area (Å²) in [6.07, 6.45) is 2.63. The van der Waals surface area contributed by atoms with E-state index >= 15 is 0 Å². The van der Waals surface area contributed by atoms with Crippen molar-refractivity contribution in [1.29, 1.82) is 0 Å². The van der Waals surface area contributed by atoms with Crippen molar-refractivity contribution in [2.24, 2.45) is 10.7 Å². The van der Waals surface area contributed by atoms with Crippen LogP contribution in [0.25, 0.3) is 0 Å². The number of thioether (sulfide) groups is 1. The number of Topliss-reactive ketones (excluding diaryl/α,β-unsaturated/α-hetero) is 1. The molecule has 1 aromatic heterocycles. The van der Waals surface area contributed by atoms with Gasteiger partial charge >= 0.3 is 6.09 Å². The second-order valence-corrected chi connectivity index (χ2v) is 19.4. The summed E-state index contributed by atoms with van der Waals surface area (Å²) in [6, 6.07) is 26.2. The van der Waals surface area contributed by atoms with Crippen molar-refractivity contribution in [3.63, 3.8) is 0 Å². The molecule has 2 aliphatic heterocycles. The van der Waals surface area contributed by atoms with Gasteiger partial charge in [0.15, 0.2) is 21.2 Å². The number of likely N-dealkylation sites (tertiary alicyclic amines) is 1. The molecule has 3 unspecified atom stereocenters. The van der Waals surface area contributed by atoms with Gasteiger partial charge in [0, 0.05) is 35.6 Å². The zero-order valence-corrected chi connectivity index (χ0v) is 44.2. The molecule has 2 fully saturated rings. The Morgan fingerprint density at radius 1 is 0.942 bits per heavy atom. The largest absolute Gasteiger partial charge is 0.489 e. The predicted molar refractivity (Wildman–Crippen MR) is 287 cm³/mol. The summed E-state index contributed by atoms with van der Waals surface area (Å²) >= 11 is 10.8.